The van der Waals surface area contributed by atoms with E-state index in [1.165, 1.54) is 0 Å². The Bertz CT molecular complexity index is 365. The number of rotatable bonds is 11. The molecule has 0 saturated carbocycles. The molecule has 152 valence electrons. The second kappa shape index (κ2) is 8.71. The van der Waals surface area contributed by atoms with Crippen molar-refractivity contribution in [3.05, 3.63) is 0 Å². The quantitative estimate of drug-likeness (QED) is 0.451. The van der Waals surface area contributed by atoms with Crippen LogP contribution in [0, 0.1) is 17.3 Å². The fourth-order valence-corrected chi connectivity index (χ4v) is 4.24. The average Bonchev–Trinajstić information content (AvgIpc) is 2.18. The van der Waals surface area contributed by atoms with Crippen molar-refractivity contribution in [2.24, 2.45) is 23.0 Å². The molecular weight excluding hydrogens is 310 g/mol. The highest BCUT2D eigenvalue weighted by Crippen LogP contribution is 2.39. The second-order valence-electron chi connectivity index (χ2n) is 11.4. The highest BCUT2D eigenvalue weighted by atomic mass is 16.7. The molecule has 0 aromatic carbocycles. The van der Waals surface area contributed by atoms with Crippen LogP contribution in [0.1, 0.15) is 102 Å². The predicted octanol–water partition coefficient (Wildman–Crippen LogP) is 6.15. The zero-order chi connectivity index (χ0) is 20.3. The molecule has 0 amide bonds. The van der Waals surface area contributed by atoms with Crippen LogP contribution in [0.5, 0.6) is 0 Å². The van der Waals surface area contributed by atoms with Crippen LogP contribution in [0.15, 0.2) is 0 Å². The van der Waals surface area contributed by atoms with Crippen molar-refractivity contribution in [3.63, 3.8) is 0 Å². The Hall–Kier alpha value is -0.120. The summed E-state index contributed by atoms with van der Waals surface area (Å²) in [6.07, 6.45) is 2.54. The molecule has 0 spiro atoms. The highest BCUT2D eigenvalue weighted by molar-refractivity contribution is 4.88. The van der Waals surface area contributed by atoms with E-state index >= 15 is 0 Å². The summed E-state index contributed by atoms with van der Waals surface area (Å²) < 4.78 is 13.2. The molecule has 0 fully saturated rings. The van der Waals surface area contributed by atoms with Gasteiger partial charge in [0.05, 0.1) is 11.2 Å². The van der Waals surface area contributed by atoms with Gasteiger partial charge in [-0.1, -0.05) is 41.5 Å². The molecule has 0 aliphatic carbocycles. The van der Waals surface area contributed by atoms with Crippen LogP contribution in [0.3, 0.4) is 0 Å². The lowest BCUT2D eigenvalue weighted by Crippen LogP contribution is -2.50. The van der Waals surface area contributed by atoms with Gasteiger partial charge in [0.2, 0.25) is 0 Å². The topological polar surface area (TPSA) is 44.5 Å². The van der Waals surface area contributed by atoms with Crippen LogP contribution in [0.2, 0.25) is 0 Å². The maximum absolute atomic E-state index is 6.60. The van der Waals surface area contributed by atoms with Gasteiger partial charge < -0.3 is 15.2 Å². The van der Waals surface area contributed by atoms with E-state index in [9.17, 15) is 0 Å². The zero-order valence-corrected chi connectivity index (χ0v) is 19.2. The molecule has 0 rings (SSSR count). The van der Waals surface area contributed by atoms with Gasteiger partial charge in [0.1, 0.15) is 0 Å². The molecule has 0 heterocycles. The summed E-state index contributed by atoms with van der Waals surface area (Å²) in [6.45, 7) is 26.2. The van der Waals surface area contributed by atoms with E-state index in [2.05, 4.69) is 83.1 Å². The second-order valence-corrected chi connectivity index (χ2v) is 11.4. The summed E-state index contributed by atoms with van der Waals surface area (Å²) >= 11 is 0. The van der Waals surface area contributed by atoms with Crippen molar-refractivity contribution < 1.29 is 9.47 Å². The van der Waals surface area contributed by atoms with Gasteiger partial charge in [-0.15, -0.1) is 0 Å². The van der Waals surface area contributed by atoms with Crippen molar-refractivity contribution >= 4 is 0 Å². The van der Waals surface area contributed by atoms with Crippen LogP contribution < -0.4 is 5.73 Å². The lowest BCUT2D eigenvalue weighted by atomic mass is 9.79. The number of ether oxygens (including phenoxy) is 2. The van der Waals surface area contributed by atoms with Crippen LogP contribution in [-0.4, -0.2) is 23.0 Å². The van der Waals surface area contributed by atoms with Gasteiger partial charge in [-0.2, -0.15) is 0 Å². The van der Waals surface area contributed by atoms with E-state index in [-0.39, 0.29) is 28.4 Å². The Balaban J connectivity index is 5.50. The summed E-state index contributed by atoms with van der Waals surface area (Å²) in [5.41, 5.74) is 5.43. The fourth-order valence-electron chi connectivity index (χ4n) is 4.24. The van der Waals surface area contributed by atoms with Crippen LogP contribution in [0.25, 0.3) is 0 Å². The third-order valence-electron chi connectivity index (χ3n) is 4.20. The molecule has 3 heteroatoms. The van der Waals surface area contributed by atoms with Crippen LogP contribution in [0.4, 0.5) is 0 Å². The van der Waals surface area contributed by atoms with E-state index in [1.54, 1.807) is 0 Å². The Kier molecular flexibility index (Phi) is 8.67. The van der Waals surface area contributed by atoms with E-state index in [1.807, 2.05) is 0 Å². The smallest absolute Gasteiger partial charge is 0.164 e. The van der Waals surface area contributed by atoms with Crippen molar-refractivity contribution in [2.45, 2.75) is 125 Å². The average molecular weight is 358 g/mol. The minimum atomic E-state index is -0.294. The molecule has 0 unspecified atom stereocenters. The zero-order valence-electron chi connectivity index (χ0n) is 19.2. The largest absolute Gasteiger partial charge is 0.346 e. The maximum atomic E-state index is 6.60. The van der Waals surface area contributed by atoms with Crippen LogP contribution in [-0.2, 0) is 9.47 Å². The standard InChI is InChI=1S/C22H47NO2/c1-16(2)13-21(9,10)24-18(19(5,6)15-20(7,8)23)25-22(11,12)14-17(3)4/h16-18H,13-15,23H2,1-12H3. The maximum Gasteiger partial charge on any atom is 0.164 e. The number of nitrogens with two attached hydrogens (primary N) is 1. The summed E-state index contributed by atoms with van der Waals surface area (Å²) in [4.78, 5) is 0. The minimum absolute atomic E-state index is 0.180. The van der Waals surface area contributed by atoms with E-state index < -0.39 is 0 Å². The molecule has 0 aliphatic rings. The van der Waals surface area contributed by atoms with Gasteiger partial charge in [-0.3, -0.25) is 0 Å². The third kappa shape index (κ3) is 11.2. The molecular formula is C22H47NO2. The molecule has 0 saturated heterocycles. The summed E-state index contributed by atoms with van der Waals surface area (Å²) in [5, 5.41) is 0. The third-order valence-corrected chi connectivity index (χ3v) is 4.20. The van der Waals surface area contributed by atoms with E-state index in [0.29, 0.717) is 11.8 Å². The monoisotopic (exact) mass is 357 g/mol. The first-order valence-electron chi connectivity index (χ1n) is 10.00. The summed E-state index contributed by atoms with van der Waals surface area (Å²) in [7, 11) is 0. The van der Waals surface area contributed by atoms with E-state index in [0.717, 1.165) is 19.3 Å². The SMILES string of the molecule is CC(C)CC(C)(C)OC(OC(C)(C)CC(C)C)C(C)(C)CC(C)(C)N. The molecule has 25 heavy (non-hydrogen) atoms. The van der Waals surface area contributed by atoms with Gasteiger partial charge in [-0.05, 0) is 72.6 Å². The minimum Gasteiger partial charge on any atom is -0.346 e. The van der Waals surface area contributed by atoms with Crippen molar-refractivity contribution in [1.29, 1.82) is 0 Å². The van der Waals surface area contributed by atoms with Crippen molar-refractivity contribution in [3.8, 4) is 0 Å². The van der Waals surface area contributed by atoms with Crippen LogP contribution >= 0.6 is 0 Å². The Morgan fingerprint density at radius 3 is 1.24 bits per heavy atom. The number of hydrogen-bond donors (Lipinski definition) is 1. The van der Waals surface area contributed by atoms with Crippen molar-refractivity contribution in [1.82, 2.24) is 0 Å². The summed E-state index contributed by atoms with van der Waals surface area (Å²) in [6, 6.07) is 0. The first kappa shape index (κ1) is 24.9. The molecule has 3 nitrogen and oxygen atoms in total. The number of hydrogen-bond acceptors (Lipinski definition) is 3. The highest BCUT2D eigenvalue weighted by Gasteiger charge is 2.41. The summed E-state index contributed by atoms with van der Waals surface area (Å²) in [5.74, 6) is 1.15. The molecule has 0 radical (unpaired) electrons. The van der Waals surface area contributed by atoms with Gasteiger partial charge in [-0.25, -0.2) is 0 Å². The van der Waals surface area contributed by atoms with E-state index in [4.69, 9.17) is 15.2 Å². The first-order valence-corrected chi connectivity index (χ1v) is 10.00. The Labute approximate surface area is 158 Å². The fraction of sp³-hybridized carbons (Fsp3) is 1.00. The molecule has 0 atom stereocenters. The Morgan fingerprint density at radius 1 is 0.680 bits per heavy atom. The normalized spacial score (nSPS) is 14.9. The molecule has 0 bridgehead atoms. The van der Waals surface area contributed by atoms with Gasteiger partial charge in [0, 0.05) is 11.0 Å². The first-order chi connectivity index (χ1) is 10.9. The van der Waals surface area contributed by atoms with Gasteiger partial charge in [0.15, 0.2) is 6.29 Å². The molecule has 2 N–H and O–H groups in total. The molecule has 0 aliphatic heterocycles. The lowest BCUT2D eigenvalue weighted by Gasteiger charge is -2.45. The molecule has 0 aromatic heterocycles. The van der Waals surface area contributed by atoms with Crippen molar-refractivity contribution in [2.75, 3.05) is 0 Å². The lowest BCUT2D eigenvalue weighted by molar-refractivity contribution is -0.288. The predicted molar refractivity (Wildman–Crippen MR) is 110 cm³/mol. The van der Waals surface area contributed by atoms with Gasteiger partial charge >= 0.3 is 0 Å². The molecule has 0 aromatic rings. The van der Waals surface area contributed by atoms with Gasteiger partial charge in [0.25, 0.3) is 0 Å². The Morgan fingerprint density at radius 2 is 1.00 bits per heavy atom.